The maximum atomic E-state index is 12.1. The van der Waals surface area contributed by atoms with Crippen molar-refractivity contribution in [2.45, 2.75) is 20.0 Å². The van der Waals surface area contributed by atoms with Crippen molar-refractivity contribution in [2.24, 2.45) is 0 Å². The fraction of sp³-hybridized carbons (Fsp3) is 0.222. The van der Waals surface area contributed by atoms with E-state index in [2.05, 4.69) is 29.5 Å². The number of aromatic nitrogens is 1. The molecule has 2 heterocycles. The summed E-state index contributed by atoms with van der Waals surface area (Å²) in [6.07, 6.45) is 0. The Labute approximate surface area is 150 Å². The van der Waals surface area contributed by atoms with Gasteiger partial charge in [-0.25, -0.2) is 4.98 Å². The molecule has 6 heteroatoms. The summed E-state index contributed by atoms with van der Waals surface area (Å²) in [5.41, 5.74) is 1.87. The summed E-state index contributed by atoms with van der Waals surface area (Å²) in [6.45, 7) is 3.40. The Morgan fingerprint density at radius 3 is 2.58 bits per heavy atom. The van der Waals surface area contributed by atoms with Crippen LogP contribution in [0.4, 0.5) is 10.8 Å². The van der Waals surface area contributed by atoms with E-state index >= 15 is 0 Å². The maximum Gasteiger partial charge on any atom is 0.230 e. The molecule has 24 heavy (non-hydrogen) atoms. The number of anilines is 2. The van der Waals surface area contributed by atoms with Crippen LogP contribution in [0.1, 0.15) is 17.5 Å². The summed E-state index contributed by atoms with van der Waals surface area (Å²) >= 11 is 3.30. The molecule has 0 bridgehead atoms. The number of nitrogens with zero attached hydrogens (tertiary/aromatic N) is 2. The average Bonchev–Trinajstić information content (AvgIpc) is 3.21. The molecule has 0 saturated heterocycles. The topological polar surface area (TPSA) is 37.6 Å². The number of rotatable bonds is 6. The van der Waals surface area contributed by atoms with Gasteiger partial charge in [-0.1, -0.05) is 24.3 Å². The summed E-state index contributed by atoms with van der Waals surface area (Å²) in [7, 11) is 2.17. The van der Waals surface area contributed by atoms with Crippen molar-refractivity contribution >= 4 is 39.4 Å². The van der Waals surface area contributed by atoms with Crippen LogP contribution < -0.4 is 9.80 Å². The SMILES string of the molecule is CC(=O)N(c1ccccc1)c1nc(C[NH+](C)Cc2cccs2)cs1. The number of benzene rings is 1. The predicted molar refractivity (Wildman–Crippen MR) is 100.0 cm³/mol. The van der Waals surface area contributed by atoms with Gasteiger partial charge in [0.15, 0.2) is 5.13 Å². The van der Waals surface area contributed by atoms with Gasteiger partial charge in [0.05, 0.1) is 17.6 Å². The molecule has 0 fully saturated rings. The van der Waals surface area contributed by atoms with Crippen molar-refractivity contribution < 1.29 is 9.69 Å². The second-order valence-corrected chi connectivity index (χ2v) is 7.57. The Bertz CT molecular complexity index is 784. The fourth-order valence-electron chi connectivity index (χ4n) is 2.57. The molecule has 3 aromatic rings. The van der Waals surface area contributed by atoms with Crippen LogP contribution in [0.2, 0.25) is 0 Å². The van der Waals surface area contributed by atoms with Crippen LogP contribution in [-0.4, -0.2) is 17.9 Å². The zero-order valence-corrected chi connectivity index (χ0v) is 15.4. The summed E-state index contributed by atoms with van der Waals surface area (Å²) in [6, 6.07) is 13.9. The predicted octanol–water partition coefficient (Wildman–Crippen LogP) is 3.10. The van der Waals surface area contributed by atoms with E-state index in [1.165, 1.54) is 21.1 Å². The summed E-state index contributed by atoms with van der Waals surface area (Å²) in [5, 5.41) is 4.88. The molecule has 1 atom stereocenters. The first-order valence-electron chi connectivity index (χ1n) is 7.77. The van der Waals surface area contributed by atoms with Gasteiger partial charge in [0.2, 0.25) is 5.91 Å². The van der Waals surface area contributed by atoms with Crippen LogP contribution in [0.3, 0.4) is 0 Å². The highest BCUT2D eigenvalue weighted by Crippen LogP contribution is 2.28. The van der Waals surface area contributed by atoms with Gasteiger partial charge in [0, 0.05) is 12.3 Å². The lowest BCUT2D eigenvalue weighted by molar-refractivity contribution is -0.907. The van der Waals surface area contributed by atoms with Gasteiger partial charge < -0.3 is 4.90 Å². The third kappa shape index (κ3) is 4.08. The highest BCUT2D eigenvalue weighted by atomic mass is 32.1. The zero-order chi connectivity index (χ0) is 16.9. The van der Waals surface area contributed by atoms with Crippen molar-refractivity contribution in [2.75, 3.05) is 11.9 Å². The summed E-state index contributed by atoms with van der Waals surface area (Å²) in [4.78, 5) is 21.2. The molecule has 0 aliphatic carbocycles. The first kappa shape index (κ1) is 16.8. The number of thiophene rings is 1. The quantitative estimate of drug-likeness (QED) is 0.735. The number of carbonyl (C=O) groups excluding carboxylic acids is 1. The van der Waals surface area contributed by atoms with Crippen molar-refractivity contribution in [1.29, 1.82) is 0 Å². The van der Waals surface area contributed by atoms with Crippen LogP contribution in [0.25, 0.3) is 0 Å². The van der Waals surface area contributed by atoms with E-state index in [1.807, 2.05) is 35.7 Å². The Balaban J connectivity index is 1.72. The van der Waals surface area contributed by atoms with Crippen LogP contribution in [-0.2, 0) is 17.9 Å². The van der Waals surface area contributed by atoms with Crippen molar-refractivity contribution in [3.63, 3.8) is 0 Å². The largest absolute Gasteiger partial charge is 0.328 e. The number of nitrogens with one attached hydrogen (secondary N) is 1. The highest BCUT2D eigenvalue weighted by Gasteiger charge is 2.18. The number of quaternary nitrogens is 1. The van der Waals surface area contributed by atoms with Crippen LogP contribution in [0.15, 0.2) is 53.2 Å². The Morgan fingerprint density at radius 1 is 1.12 bits per heavy atom. The summed E-state index contributed by atoms with van der Waals surface area (Å²) in [5.74, 6) is -0.0265. The van der Waals surface area contributed by atoms with Gasteiger partial charge >= 0.3 is 0 Å². The molecule has 0 saturated carbocycles. The zero-order valence-electron chi connectivity index (χ0n) is 13.7. The van der Waals surface area contributed by atoms with Crippen LogP contribution >= 0.6 is 22.7 Å². The molecular formula is C18H20N3OS2+. The minimum atomic E-state index is -0.0265. The van der Waals surface area contributed by atoms with E-state index in [4.69, 9.17) is 0 Å². The van der Waals surface area contributed by atoms with Crippen molar-refractivity contribution in [3.05, 3.63) is 63.8 Å². The monoisotopic (exact) mass is 358 g/mol. The molecule has 1 aromatic carbocycles. The number of hydrogen-bond donors (Lipinski definition) is 1. The summed E-state index contributed by atoms with van der Waals surface area (Å²) < 4.78 is 0. The normalized spacial score (nSPS) is 12.1. The average molecular weight is 359 g/mol. The molecule has 2 aromatic heterocycles. The highest BCUT2D eigenvalue weighted by molar-refractivity contribution is 7.14. The molecular weight excluding hydrogens is 338 g/mol. The Morgan fingerprint density at radius 2 is 1.92 bits per heavy atom. The second-order valence-electron chi connectivity index (χ2n) is 5.70. The van der Waals surface area contributed by atoms with Crippen molar-refractivity contribution in [3.8, 4) is 0 Å². The van der Waals surface area contributed by atoms with E-state index in [0.717, 1.165) is 29.6 Å². The smallest absolute Gasteiger partial charge is 0.230 e. The van der Waals surface area contributed by atoms with Gasteiger partial charge in [0.25, 0.3) is 0 Å². The van der Waals surface area contributed by atoms with E-state index in [1.54, 1.807) is 23.2 Å². The molecule has 1 unspecified atom stereocenters. The van der Waals surface area contributed by atoms with Gasteiger partial charge in [-0.3, -0.25) is 9.69 Å². The molecule has 4 nitrogen and oxygen atoms in total. The molecule has 0 radical (unpaired) electrons. The van der Waals surface area contributed by atoms with Crippen LogP contribution in [0.5, 0.6) is 0 Å². The lowest BCUT2D eigenvalue weighted by Gasteiger charge is -2.17. The molecule has 3 rings (SSSR count). The molecule has 0 aliphatic rings. The molecule has 0 spiro atoms. The Hall–Kier alpha value is -2.02. The molecule has 0 aliphatic heterocycles. The molecule has 1 N–H and O–H groups in total. The number of amides is 1. The van der Waals surface area contributed by atoms with E-state index < -0.39 is 0 Å². The third-order valence-electron chi connectivity index (χ3n) is 3.60. The first-order chi connectivity index (χ1) is 11.6. The van der Waals surface area contributed by atoms with E-state index in [0.29, 0.717) is 0 Å². The van der Waals surface area contributed by atoms with E-state index in [-0.39, 0.29) is 5.91 Å². The maximum absolute atomic E-state index is 12.1. The molecule has 1 amide bonds. The minimum absolute atomic E-state index is 0.0265. The number of carbonyl (C=O) groups is 1. The number of thiazole rings is 1. The first-order valence-corrected chi connectivity index (χ1v) is 9.53. The van der Waals surface area contributed by atoms with Gasteiger partial charge in [0.1, 0.15) is 18.8 Å². The van der Waals surface area contributed by atoms with Crippen molar-refractivity contribution in [1.82, 2.24) is 4.98 Å². The standard InChI is InChI=1S/C18H19N3OS2/c1-14(22)21(16-7-4-3-5-8-16)18-19-15(13-24-18)11-20(2)12-17-9-6-10-23-17/h3-10,13H,11-12H2,1-2H3/p+1. The Kier molecular flexibility index (Phi) is 5.40. The van der Waals surface area contributed by atoms with Crippen LogP contribution in [0, 0.1) is 0 Å². The lowest BCUT2D eigenvalue weighted by Crippen LogP contribution is -3.06. The van der Waals surface area contributed by atoms with Gasteiger partial charge in [-0.15, -0.1) is 22.7 Å². The second kappa shape index (κ2) is 7.70. The minimum Gasteiger partial charge on any atom is -0.328 e. The lowest BCUT2D eigenvalue weighted by atomic mass is 10.3. The number of para-hydroxylation sites is 1. The fourth-order valence-corrected chi connectivity index (χ4v) is 4.27. The number of hydrogen-bond acceptors (Lipinski definition) is 4. The van der Waals surface area contributed by atoms with Gasteiger partial charge in [-0.2, -0.15) is 0 Å². The van der Waals surface area contributed by atoms with Gasteiger partial charge in [-0.05, 0) is 23.6 Å². The third-order valence-corrected chi connectivity index (χ3v) is 5.35. The molecule has 124 valence electrons. The van der Waals surface area contributed by atoms with E-state index in [9.17, 15) is 4.79 Å².